The third-order valence-corrected chi connectivity index (χ3v) is 5.26. The van der Waals surface area contributed by atoms with E-state index in [0.29, 0.717) is 16.8 Å². The summed E-state index contributed by atoms with van der Waals surface area (Å²) in [5.74, 6) is 0. The zero-order valence-corrected chi connectivity index (χ0v) is 16.0. The maximum absolute atomic E-state index is 12.9. The maximum atomic E-state index is 12.9. The number of aliphatic hydroxyl groups is 2. The second-order valence-corrected chi connectivity index (χ2v) is 7.29. The summed E-state index contributed by atoms with van der Waals surface area (Å²) in [5, 5.41) is 28.8. The summed E-state index contributed by atoms with van der Waals surface area (Å²) in [6, 6.07) is 2.11. The quantitative estimate of drug-likeness (QED) is 0.549. The molecule has 1 saturated heterocycles. The van der Waals surface area contributed by atoms with E-state index in [-0.39, 0.29) is 19.6 Å². The Morgan fingerprint density at radius 2 is 2.07 bits per heavy atom. The molecule has 8 nitrogen and oxygen atoms in total. The first-order chi connectivity index (χ1) is 14.2. The highest BCUT2D eigenvalue weighted by molar-refractivity contribution is 5.47. The molecule has 1 fully saturated rings. The molecule has 3 N–H and O–H groups in total. The Labute approximate surface area is 169 Å². The Balaban J connectivity index is 1.70. The molecule has 11 heteroatoms. The van der Waals surface area contributed by atoms with Gasteiger partial charge in [0, 0.05) is 25.2 Å². The van der Waals surface area contributed by atoms with Crippen LogP contribution in [-0.4, -0.2) is 49.1 Å². The molecule has 3 aromatic rings. The lowest BCUT2D eigenvalue weighted by Crippen LogP contribution is -2.57. The minimum atomic E-state index is -4.58. The Morgan fingerprint density at radius 3 is 2.73 bits per heavy atom. The third kappa shape index (κ3) is 3.65. The van der Waals surface area contributed by atoms with Crippen molar-refractivity contribution < 1.29 is 28.1 Å². The molecular weight excluding hydrogens is 403 g/mol. The van der Waals surface area contributed by atoms with Gasteiger partial charge in [-0.05, 0) is 30.5 Å². The van der Waals surface area contributed by atoms with Gasteiger partial charge in [-0.2, -0.15) is 18.3 Å². The second-order valence-electron chi connectivity index (χ2n) is 7.29. The van der Waals surface area contributed by atoms with Crippen molar-refractivity contribution in [3.05, 3.63) is 59.3 Å². The van der Waals surface area contributed by atoms with Crippen LogP contribution in [0.5, 0.6) is 0 Å². The number of alkyl halides is 3. The van der Waals surface area contributed by atoms with Crippen LogP contribution in [0.3, 0.4) is 0 Å². The average molecular weight is 423 g/mol. The average Bonchev–Trinajstić information content (AvgIpc) is 3.12. The number of nitrogens with zero attached hydrogens (tertiary/aromatic N) is 4. The second kappa shape index (κ2) is 7.58. The standard InChI is InChI=1S/C19H20F3N5O3/c1-11-6-24-16-13(8-25-27(16)9-11)17(29)26-18(4-5-30-10-15(18)28)12-2-3-14(23-7-12)19(20,21)22/h2-3,6-9,15,17,26,28-29H,4-5,10H2,1H3. The van der Waals surface area contributed by atoms with Crippen molar-refractivity contribution in [2.24, 2.45) is 0 Å². The van der Waals surface area contributed by atoms with E-state index in [1.165, 1.54) is 16.8 Å². The maximum Gasteiger partial charge on any atom is 0.433 e. The van der Waals surface area contributed by atoms with Crippen LogP contribution in [-0.2, 0) is 16.5 Å². The summed E-state index contributed by atoms with van der Waals surface area (Å²) >= 11 is 0. The zero-order valence-electron chi connectivity index (χ0n) is 16.0. The number of hydrogen-bond acceptors (Lipinski definition) is 7. The molecule has 3 atom stereocenters. The number of pyridine rings is 1. The molecule has 0 bridgehead atoms. The molecule has 3 unspecified atom stereocenters. The molecule has 0 radical (unpaired) electrons. The smallest absolute Gasteiger partial charge is 0.388 e. The monoisotopic (exact) mass is 423 g/mol. The van der Waals surface area contributed by atoms with E-state index in [1.807, 2.05) is 6.92 Å². The van der Waals surface area contributed by atoms with E-state index < -0.39 is 29.7 Å². The topological polar surface area (TPSA) is 105 Å². The molecule has 3 aromatic heterocycles. The molecule has 160 valence electrons. The number of aliphatic hydroxyl groups excluding tert-OH is 2. The zero-order chi connectivity index (χ0) is 21.5. The largest absolute Gasteiger partial charge is 0.433 e. The highest BCUT2D eigenvalue weighted by Gasteiger charge is 2.45. The molecule has 1 aliphatic heterocycles. The molecule has 0 saturated carbocycles. The van der Waals surface area contributed by atoms with Crippen molar-refractivity contribution in [1.82, 2.24) is 24.9 Å². The Kier molecular flexibility index (Phi) is 5.22. The van der Waals surface area contributed by atoms with Crippen molar-refractivity contribution >= 4 is 5.65 Å². The van der Waals surface area contributed by atoms with Crippen LogP contribution < -0.4 is 5.32 Å². The summed E-state index contributed by atoms with van der Waals surface area (Å²) in [7, 11) is 0. The predicted molar refractivity (Wildman–Crippen MR) is 98.2 cm³/mol. The number of nitrogens with one attached hydrogen (secondary N) is 1. The minimum Gasteiger partial charge on any atom is -0.388 e. The van der Waals surface area contributed by atoms with Crippen LogP contribution in [0, 0.1) is 6.92 Å². The van der Waals surface area contributed by atoms with E-state index >= 15 is 0 Å². The van der Waals surface area contributed by atoms with Crippen LogP contribution >= 0.6 is 0 Å². The summed E-state index contributed by atoms with van der Waals surface area (Å²) in [4.78, 5) is 7.79. The lowest BCUT2D eigenvalue weighted by Gasteiger charge is -2.43. The number of hydrogen-bond donors (Lipinski definition) is 3. The summed E-state index contributed by atoms with van der Waals surface area (Å²) in [5.41, 5.74) is -0.327. The first kappa shape index (κ1) is 20.7. The molecule has 0 spiro atoms. The van der Waals surface area contributed by atoms with Crippen LogP contribution in [0.25, 0.3) is 5.65 Å². The van der Waals surface area contributed by atoms with Crippen molar-refractivity contribution in [2.45, 2.75) is 37.4 Å². The molecule has 1 aliphatic rings. The molecule has 4 rings (SSSR count). The van der Waals surface area contributed by atoms with Gasteiger partial charge in [0.2, 0.25) is 0 Å². The number of ether oxygens (including phenoxy) is 1. The van der Waals surface area contributed by atoms with Gasteiger partial charge in [-0.1, -0.05) is 6.07 Å². The van der Waals surface area contributed by atoms with Crippen LogP contribution in [0.2, 0.25) is 0 Å². The lowest BCUT2D eigenvalue weighted by atomic mass is 9.80. The Bertz CT molecular complexity index is 1040. The van der Waals surface area contributed by atoms with Crippen molar-refractivity contribution in [2.75, 3.05) is 13.2 Å². The van der Waals surface area contributed by atoms with Crippen molar-refractivity contribution in [3.8, 4) is 0 Å². The first-order valence-corrected chi connectivity index (χ1v) is 9.26. The number of rotatable bonds is 4. The van der Waals surface area contributed by atoms with Gasteiger partial charge in [0.15, 0.2) is 5.65 Å². The third-order valence-electron chi connectivity index (χ3n) is 5.26. The van der Waals surface area contributed by atoms with E-state index in [9.17, 15) is 23.4 Å². The first-order valence-electron chi connectivity index (χ1n) is 9.26. The van der Waals surface area contributed by atoms with Gasteiger partial charge in [0.25, 0.3) is 0 Å². The SMILES string of the molecule is Cc1cnc2c(C(O)NC3(c4ccc(C(F)(F)F)nc4)CCOCC3O)cnn2c1. The highest BCUT2D eigenvalue weighted by atomic mass is 19.4. The fourth-order valence-corrected chi connectivity index (χ4v) is 3.65. The number of aromatic nitrogens is 4. The van der Waals surface area contributed by atoms with Gasteiger partial charge in [-0.3, -0.25) is 10.3 Å². The summed E-state index contributed by atoms with van der Waals surface area (Å²) in [6.07, 6.45) is -0.899. The van der Waals surface area contributed by atoms with Crippen molar-refractivity contribution in [1.29, 1.82) is 0 Å². The summed E-state index contributed by atoms with van der Waals surface area (Å²) in [6.45, 7) is 2.05. The van der Waals surface area contributed by atoms with Crippen molar-refractivity contribution in [3.63, 3.8) is 0 Å². The number of aryl methyl sites for hydroxylation is 1. The van der Waals surface area contributed by atoms with E-state index in [1.54, 1.807) is 12.4 Å². The van der Waals surface area contributed by atoms with Crippen LogP contribution in [0.15, 0.2) is 36.9 Å². The molecule has 0 amide bonds. The van der Waals surface area contributed by atoms with Gasteiger partial charge >= 0.3 is 6.18 Å². The molecule has 30 heavy (non-hydrogen) atoms. The van der Waals surface area contributed by atoms with E-state index in [0.717, 1.165) is 17.8 Å². The fraction of sp³-hybridized carbons (Fsp3) is 0.421. The van der Waals surface area contributed by atoms with Gasteiger partial charge in [0.1, 0.15) is 11.9 Å². The fourth-order valence-electron chi connectivity index (χ4n) is 3.65. The van der Waals surface area contributed by atoms with Crippen LogP contribution in [0.4, 0.5) is 13.2 Å². The van der Waals surface area contributed by atoms with Gasteiger partial charge in [-0.25, -0.2) is 9.50 Å². The molecule has 0 aromatic carbocycles. The van der Waals surface area contributed by atoms with Gasteiger partial charge in [-0.15, -0.1) is 0 Å². The normalized spacial score (nSPS) is 23.6. The molecular formula is C19H20F3N5O3. The molecule has 0 aliphatic carbocycles. The predicted octanol–water partition coefficient (Wildman–Crippen LogP) is 1.71. The van der Waals surface area contributed by atoms with Crippen LogP contribution in [0.1, 0.15) is 35.0 Å². The lowest BCUT2D eigenvalue weighted by molar-refractivity contribution is -0.141. The van der Waals surface area contributed by atoms with E-state index in [4.69, 9.17) is 4.74 Å². The van der Waals surface area contributed by atoms with Gasteiger partial charge < -0.3 is 14.9 Å². The Morgan fingerprint density at radius 1 is 1.27 bits per heavy atom. The minimum absolute atomic E-state index is 0.0487. The van der Waals surface area contributed by atoms with Gasteiger partial charge in [0.05, 0.1) is 30.0 Å². The number of fused-ring (bicyclic) bond motifs is 1. The Hall–Kier alpha value is -2.60. The molecule has 4 heterocycles. The highest BCUT2D eigenvalue weighted by Crippen LogP contribution is 2.36. The van der Waals surface area contributed by atoms with E-state index in [2.05, 4.69) is 20.4 Å². The summed E-state index contributed by atoms with van der Waals surface area (Å²) < 4.78 is 45.5. The number of halogens is 3.